The minimum Gasteiger partial charge on any atom is -0.494 e. The third-order valence-corrected chi connectivity index (χ3v) is 6.88. The lowest BCUT2D eigenvalue weighted by Gasteiger charge is -2.11. The number of nitrogens with two attached hydrogens (primary N) is 1. The molecule has 4 aromatic rings. The summed E-state index contributed by atoms with van der Waals surface area (Å²) in [5.74, 6) is 0.808. The number of amides is 1. The summed E-state index contributed by atoms with van der Waals surface area (Å²) in [7, 11) is -3.74. The van der Waals surface area contributed by atoms with E-state index in [1.807, 2.05) is 60.0 Å². The number of aromatic nitrogens is 2. The van der Waals surface area contributed by atoms with Crippen LogP contribution in [-0.4, -0.2) is 36.2 Å². The largest absolute Gasteiger partial charge is 0.494 e. The third-order valence-electron chi connectivity index (χ3n) is 5.01. The van der Waals surface area contributed by atoms with Crippen LogP contribution in [0, 0.1) is 0 Å². The molecule has 0 radical (unpaired) electrons. The van der Waals surface area contributed by atoms with Crippen LogP contribution in [0.3, 0.4) is 0 Å². The zero-order chi connectivity index (χ0) is 24.1. The molecule has 10 heteroatoms. The monoisotopic (exact) mass is 496 g/mol. The maximum absolute atomic E-state index is 12.5. The zero-order valence-electron chi connectivity index (χ0n) is 18.5. The number of sulfonamides is 1. The van der Waals surface area contributed by atoms with Gasteiger partial charge >= 0.3 is 0 Å². The van der Waals surface area contributed by atoms with Crippen molar-refractivity contribution in [2.75, 3.05) is 12.4 Å². The van der Waals surface area contributed by atoms with Crippen LogP contribution in [-0.2, 0) is 21.4 Å². The smallest absolute Gasteiger partial charge is 0.238 e. The van der Waals surface area contributed by atoms with Crippen LogP contribution in [0.25, 0.3) is 16.7 Å². The number of para-hydroxylation sites is 2. The molecule has 34 heavy (non-hydrogen) atoms. The lowest BCUT2D eigenvalue weighted by Crippen LogP contribution is -2.24. The SMILES string of the molecule is CCOc1ccc(-n2c(SCC(=O)NCc3ccc(S(N)(=O)=O)cc3)nc3ccccc32)cc1. The molecule has 8 nitrogen and oxygen atoms in total. The topological polar surface area (TPSA) is 116 Å². The fourth-order valence-corrected chi connectivity index (χ4v) is 4.76. The molecule has 0 spiro atoms. The molecule has 0 atom stereocenters. The number of fused-ring (bicyclic) bond motifs is 1. The molecule has 0 aliphatic carbocycles. The van der Waals surface area contributed by atoms with Crippen molar-refractivity contribution in [3.63, 3.8) is 0 Å². The van der Waals surface area contributed by atoms with Crippen molar-refractivity contribution < 1.29 is 17.9 Å². The number of primary sulfonamides is 1. The molecule has 4 rings (SSSR count). The van der Waals surface area contributed by atoms with Gasteiger partial charge in [-0.3, -0.25) is 9.36 Å². The maximum atomic E-state index is 12.5. The van der Waals surface area contributed by atoms with Crippen molar-refractivity contribution in [1.82, 2.24) is 14.9 Å². The average molecular weight is 497 g/mol. The maximum Gasteiger partial charge on any atom is 0.238 e. The Morgan fingerprint density at radius 3 is 2.44 bits per heavy atom. The van der Waals surface area contributed by atoms with Gasteiger partial charge in [0.2, 0.25) is 15.9 Å². The van der Waals surface area contributed by atoms with E-state index in [1.54, 1.807) is 12.1 Å². The van der Waals surface area contributed by atoms with E-state index in [9.17, 15) is 13.2 Å². The number of benzene rings is 3. The fourth-order valence-electron chi connectivity index (χ4n) is 3.39. The number of nitrogens with zero attached hydrogens (tertiary/aromatic N) is 2. The second-order valence-corrected chi connectivity index (χ2v) is 9.90. The Balaban J connectivity index is 1.46. The Morgan fingerprint density at radius 2 is 1.76 bits per heavy atom. The molecule has 1 amide bonds. The lowest BCUT2D eigenvalue weighted by molar-refractivity contribution is -0.118. The van der Waals surface area contributed by atoms with E-state index in [2.05, 4.69) is 5.32 Å². The minimum atomic E-state index is -3.74. The van der Waals surface area contributed by atoms with Crippen LogP contribution >= 0.6 is 11.8 Å². The predicted molar refractivity (Wildman–Crippen MR) is 133 cm³/mol. The van der Waals surface area contributed by atoms with Crippen molar-refractivity contribution in [1.29, 1.82) is 0 Å². The molecule has 176 valence electrons. The standard InChI is InChI=1S/C24H24N4O4S2/c1-2-32-19-11-9-18(10-12-19)28-22-6-4-3-5-21(22)27-24(28)33-16-23(29)26-15-17-7-13-20(14-8-17)34(25,30)31/h3-14H,2,15-16H2,1H3,(H,26,29)(H2,25,30,31). The molecule has 3 aromatic carbocycles. The van der Waals surface area contributed by atoms with Gasteiger partial charge in [0.15, 0.2) is 5.16 Å². The zero-order valence-corrected chi connectivity index (χ0v) is 20.1. The second kappa shape index (κ2) is 10.3. The molecule has 0 aliphatic heterocycles. The Bertz CT molecular complexity index is 1400. The van der Waals surface area contributed by atoms with E-state index >= 15 is 0 Å². The van der Waals surface area contributed by atoms with Gasteiger partial charge in [0.25, 0.3) is 0 Å². The molecule has 0 unspecified atom stereocenters. The number of rotatable bonds is 9. The molecular weight excluding hydrogens is 472 g/mol. The van der Waals surface area contributed by atoms with E-state index in [-0.39, 0.29) is 23.1 Å². The molecule has 0 saturated carbocycles. The molecular formula is C24H24N4O4S2. The van der Waals surface area contributed by atoms with E-state index in [0.29, 0.717) is 11.8 Å². The number of nitrogens with one attached hydrogen (secondary N) is 1. The van der Waals surface area contributed by atoms with Crippen molar-refractivity contribution in [2.45, 2.75) is 23.5 Å². The van der Waals surface area contributed by atoms with Gasteiger partial charge in [0, 0.05) is 12.2 Å². The molecule has 1 heterocycles. The van der Waals surface area contributed by atoms with Gasteiger partial charge in [-0.05, 0) is 61.0 Å². The van der Waals surface area contributed by atoms with E-state index in [0.717, 1.165) is 28.0 Å². The van der Waals surface area contributed by atoms with Crippen LogP contribution in [0.2, 0.25) is 0 Å². The van der Waals surface area contributed by atoms with Crippen LogP contribution < -0.4 is 15.2 Å². The van der Waals surface area contributed by atoms with Gasteiger partial charge in [-0.15, -0.1) is 0 Å². The summed E-state index contributed by atoms with van der Waals surface area (Å²) in [6, 6.07) is 21.7. The number of carbonyl (C=O) groups excluding carboxylic acids is 1. The van der Waals surface area contributed by atoms with Crippen molar-refractivity contribution in [3.8, 4) is 11.4 Å². The first kappa shape index (κ1) is 23.8. The van der Waals surface area contributed by atoms with Crippen molar-refractivity contribution in [3.05, 3.63) is 78.4 Å². The summed E-state index contributed by atoms with van der Waals surface area (Å²) in [6.07, 6.45) is 0. The normalized spacial score (nSPS) is 11.5. The first-order valence-electron chi connectivity index (χ1n) is 10.6. The Hall–Kier alpha value is -3.34. The van der Waals surface area contributed by atoms with Gasteiger partial charge in [0.05, 0.1) is 28.3 Å². The highest BCUT2D eigenvalue weighted by atomic mass is 32.2. The minimum absolute atomic E-state index is 0.0336. The number of thioether (sulfide) groups is 1. The average Bonchev–Trinajstić information content (AvgIpc) is 3.20. The lowest BCUT2D eigenvalue weighted by atomic mass is 10.2. The predicted octanol–water partition coefficient (Wildman–Crippen LogP) is 3.48. The highest BCUT2D eigenvalue weighted by molar-refractivity contribution is 7.99. The van der Waals surface area contributed by atoms with E-state index < -0.39 is 10.0 Å². The number of hydrogen-bond donors (Lipinski definition) is 2. The second-order valence-electron chi connectivity index (χ2n) is 7.40. The van der Waals surface area contributed by atoms with Crippen LogP contribution in [0.5, 0.6) is 5.75 Å². The number of ether oxygens (including phenoxy) is 1. The summed E-state index contributed by atoms with van der Waals surface area (Å²) < 4.78 is 30.3. The fraction of sp³-hybridized carbons (Fsp3) is 0.167. The molecule has 3 N–H and O–H groups in total. The van der Waals surface area contributed by atoms with Gasteiger partial charge in [-0.25, -0.2) is 18.5 Å². The van der Waals surface area contributed by atoms with E-state index in [4.69, 9.17) is 14.9 Å². The molecule has 0 fully saturated rings. The number of hydrogen-bond acceptors (Lipinski definition) is 6. The van der Waals surface area contributed by atoms with Crippen LogP contribution in [0.1, 0.15) is 12.5 Å². The van der Waals surface area contributed by atoms with Crippen LogP contribution in [0.4, 0.5) is 0 Å². The van der Waals surface area contributed by atoms with E-state index in [1.165, 1.54) is 23.9 Å². The molecule has 0 aliphatic rings. The Labute approximate surface area is 202 Å². The summed E-state index contributed by atoms with van der Waals surface area (Å²) in [4.78, 5) is 17.2. The quantitative estimate of drug-likeness (QED) is 0.343. The van der Waals surface area contributed by atoms with Crippen molar-refractivity contribution in [2.24, 2.45) is 5.14 Å². The number of carbonyl (C=O) groups is 1. The van der Waals surface area contributed by atoms with Crippen LogP contribution in [0.15, 0.2) is 82.8 Å². The Kier molecular flexibility index (Phi) is 7.20. The summed E-state index contributed by atoms with van der Waals surface area (Å²) >= 11 is 1.34. The molecule has 1 aromatic heterocycles. The molecule has 0 saturated heterocycles. The van der Waals surface area contributed by atoms with Gasteiger partial charge in [-0.1, -0.05) is 36.0 Å². The highest BCUT2D eigenvalue weighted by Crippen LogP contribution is 2.29. The molecule has 0 bridgehead atoms. The summed E-state index contributed by atoms with van der Waals surface area (Å²) in [5, 5.41) is 8.67. The summed E-state index contributed by atoms with van der Waals surface area (Å²) in [5.41, 5.74) is 3.49. The van der Waals surface area contributed by atoms with Crippen molar-refractivity contribution >= 4 is 38.7 Å². The van der Waals surface area contributed by atoms with Gasteiger partial charge < -0.3 is 10.1 Å². The third kappa shape index (κ3) is 5.58. The summed E-state index contributed by atoms with van der Waals surface area (Å²) in [6.45, 7) is 2.82. The van der Waals surface area contributed by atoms with Gasteiger partial charge in [0.1, 0.15) is 5.75 Å². The first-order chi connectivity index (χ1) is 16.3. The number of imidazole rings is 1. The highest BCUT2D eigenvalue weighted by Gasteiger charge is 2.15. The first-order valence-corrected chi connectivity index (χ1v) is 13.1. The van der Waals surface area contributed by atoms with Gasteiger partial charge in [-0.2, -0.15) is 0 Å². The Morgan fingerprint density at radius 1 is 1.06 bits per heavy atom.